The molecule has 0 aliphatic carbocycles. The number of aromatic amines is 1. The van der Waals surface area contributed by atoms with Crippen molar-refractivity contribution in [2.24, 2.45) is 0 Å². The van der Waals surface area contributed by atoms with Crippen molar-refractivity contribution in [3.05, 3.63) is 24.8 Å². The number of thiol groups is 1. The minimum absolute atomic E-state index is 0.659. The standard InChI is InChI=1S/C6H6N4S/c11-6-7-1-2-10(6)5-3-8-9-4-5/h1-4H,(H,7,11)(H,8,9). The lowest BCUT2D eigenvalue weighted by molar-refractivity contribution is 0.902. The van der Waals surface area contributed by atoms with Crippen molar-refractivity contribution in [1.29, 1.82) is 0 Å². The van der Waals surface area contributed by atoms with E-state index in [9.17, 15) is 0 Å². The summed E-state index contributed by atoms with van der Waals surface area (Å²) >= 11 is 4.15. The van der Waals surface area contributed by atoms with Crippen molar-refractivity contribution in [1.82, 2.24) is 19.7 Å². The van der Waals surface area contributed by atoms with Crippen LogP contribution >= 0.6 is 12.6 Å². The highest BCUT2D eigenvalue weighted by atomic mass is 32.1. The Morgan fingerprint density at radius 2 is 2.45 bits per heavy atom. The third kappa shape index (κ3) is 1.03. The van der Waals surface area contributed by atoms with Gasteiger partial charge in [0.2, 0.25) is 0 Å². The minimum atomic E-state index is 0.659. The van der Waals surface area contributed by atoms with Crippen LogP contribution in [0.2, 0.25) is 0 Å². The molecule has 1 N–H and O–H groups in total. The quantitative estimate of drug-likeness (QED) is 0.618. The van der Waals surface area contributed by atoms with Gasteiger partial charge in [-0.1, -0.05) is 0 Å². The number of rotatable bonds is 1. The number of nitrogens with one attached hydrogen (secondary N) is 1. The van der Waals surface area contributed by atoms with Crippen LogP contribution < -0.4 is 0 Å². The van der Waals surface area contributed by atoms with Crippen LogP contribution in [-0.2, 0) is 0 Å². The molecule has 0 aliphatic heterocycles. The van der Waals surface area contributed by atoms with Crippen LogP contribution in [0, 0.1) is 0 Å². The van der Waals surface area contributed by atoms with Gasteiger partial charge < -0.3 is 0 Å². The van der Waals surface area contributed by atoms with Crippen molar-refractivity contribution >= 4 is 12.6 Å². The second-order valence-electron chi connectivity index (χ2n) is 2.05. The summed E-state index contributed by atoms with van der Waals surface area (Å²) in [4.78, 5) is 3.96. The lowest BCUT2D eigenvalue weighted by Crippen LogP contribution is -1.89. The number of H-pyrrole nitrogens is 1. The molecule has 0 bridgehead atoms. The molecule has 2 aromatic heterocycles. The van der Waals surface area contributed by atoms with Crippen molar-refractivity contribution in [3.63, 3.8) is 0 Å². The van der Waals surface area contributed by atoms with Gasteiger partial charge in [-0.25, -0.2) is 4.98 Å². The summed E-state index contributed by atoms with van der Waals surface area (Å²) in [6, 6.07) is 0. The van der Waals surface area contributed by atoms with Crippen molar-refractivity contribution in [2.45, 2.75) is 5.16 Å². The molecule has 0 spiro atoms. The zero-order valence-electron chi connectivity index (χ0n) is 5.60. The van der Waals surface area contributed by atoms with Gasteiger partial charge in [0.25, 0.3) is 0 Å². The summed E-state index contributed by atoms with van der Waals surface area (Å²) in [7, 11) is 0. The maximum Gasteiger partial charge on any atom is 0.169 e. The molecule has 2 rings (SSSR count). The van der Waals surface area contributed by atoms with Gasteiger partial charge in [0.05, 0.1) is 11.9 Å². The summed E-state index contributed by atoms with van der Waals surface area (Å²) in [6.07, 6.45) is 7.01. The van der Waals surface area contributed by atoms with Crippen molar-refractivity contribution in [2.75, 3.05) is 0 Å². The molecule has 2 heterocycles. The topological polar surface area (TPSA) is 46.5 Å². The number of aromatic nitrogens is 4. The SMILES string of the molecule is Sc1nccn1-c1cn[nH]c1. The molecule has 4 nitrogen and oxygen atoms in total. The predicted molar refractivity (Wildman–Crippen MR) is 43.0 cm³/mol. The Balaban J connectivity index is 2.53. The number of imidazole rings is 1. The summed E-state index contributed by atoms with van der Waals surface area (Å²) in [5.41, 5.74) is 0.938. The second kappa shape index (κ2) is 2.43. The van der Waals surface area contributed by atoms with E-state index in [4.69, 9.17) is 0 Å². The van der Waals surface area contributed by atoms with Gasteiger partial charge in [0.1, 0.15) is 0 Å². The normalized spacial score (nSPS) is 10.3. The lowest BCUT2D eigenvalue weighted by atomic mass is 10.6. The van der Waals surface area contributed by atoms with Gasteiger partial charge >= 0.3 is 0 Å². The maximum absolute atomic E-state index is 4.15. The molecule has 5 heteroatoms. The summed E-state index contributed by atoms with van der Waals surface area (Å²) in [5.74, 6) is 0. The molecule has 0 amide bonds. The number of hydrogen-bond donors (Lipinski definition) is 2. The van der Waals surface area contributed by atoms with Gasteiger partial charge in [-0.05, 0) is 0 Å². The van der Waals surface area contributed by atoms with E-state index in [2.05, 4.69) is 27.8 Å². The highest BCUT2D eigenvalue weighted by Gasteiger charge is 1.99. The van der Waals surface area contributed by atoms with Gasteiger partial charge in [0, 0.05) is 18.6 Å². The van der Waals surface area contributed by atoms with Crippen molar-refractivity contribution in [3.8, 4) is 5.69 Å². The van der Waals surface area contributed by atoms with Crippen LogP contribution in [0.1, 0.15) is 0 Å². The van der Waals surface area contributed by atoms with Gasteiger partial charge in [-0.15, -0.1) is 12.6 Å². The van der Waals surface area contributed by atoms with E-state index in [1.54, 1.807) is 18.6 Å². The highest BCUT2D eigenvalue weighted by Crippen LogP contribution is 2.10. The number of hydrogen-bond acceptors (Lipinski definition) is 3. The van der Waals surface area contributed by atoms with Crippen LogP contribution in [0.25, 0.3) is 5.69 Å². The van der Waals surface area contributed by atoms with Crippen LogP contribution in [-0.4, -0.2) is 19.7 Å². The van der Waals surface area contributed by atoms with Crippen LogP contribution in [0.15, 0.2) is 29.9 Å². The molecule has 0 aliphatic rings. The van der Waals surface area contributed by atoms with Gasteiger partial charge in [-0.2, -0.15) is 5.10 Å². The first kappa shape index (κ1) is 6.48. The maximum atomic E-state index is 4.15. The van der Waals surface area contributed by atoms with E-state index in [0.717, 1.165) is 5.69 Å². The van der Waals surface area contributed by atoms with E-state index < -0.39 is 0 Å². The molecule has 11 heavy (non-hydrogen) atoms. The average Bonchev–Trinajstić information content (AvgIpc) is 2.55. The first-order chi connectivity index (χ1) is 5.38. The Morgan fingerprint density at radius 1 is 1.55 bits per heavy atom. The van der Waals surface area contributed by atoms with E-state index in [1.165, 1.54) is 0 Å². The molecule has 0 unspecified atom stereocenters. The van der Waals surface area contributed by atoms with Gasteiger partial charge in [0.15, 0.2) is 5.16 Å². The zero-order chi connectivity index (χ0) is 7.68. The van der Waals surface area contributed by atoms with E-state index in [0.29, 0.717) is 5.16 Å². The fourth-order valence-corrected chi connectivity index (χ4v) is 1.12. The molecular formula is C6H6N4S. The zero-order valence-corrected chi connectivity index (χ0v) is 6.49. The molecular weight excluding hydrogens is 160 g/mol. The molecule has 0 aromatic carbocycles. The lowest BCUT2D eigenvalue weighted by Gasteiger charge is -1.96. The monoisotopic (exact) mass is 166 g/mol. The van der Waals surface area contributed by atoms with E-state index >= 15 is 0 Å². The van der Waals surface area contributed by atoms with Crippen LogP contribution in [0.4, 0.5) is 0 Å². The van der Waals surface area contributed by atoms with Gasteiger partial charge in [-0.3, -0.25) is 9.67 Å². The Labute approximate surface area is 68.7 Å². The number of nitrogens with zero attached hydrogens (tertiary/aromatic N) is 3. The molecule has 0 fully saturated rings. The van der Waals surface area contributed by atoms with E-state index in [1.807, 2.05) is 10.8 Å². The third-order valence-electron chi connectivity index (χ3n) is 1.38. The fraction of sp³-hybridized carbons (Fsp3) is 0. The summed E-state index contributed by atoms with van der Waals surface area (Å²) in [6.45, 7) is 0. The summed E-state index contributed by atoms with van der Waals surface area (Å²) < 4.78 is 1.83. The first-order valence-electron chi connectivity index (χ1n) is 3.09. The highest BCUT2D eigenvalue weighted by molar-refractivity contribution is 7.80. The Morgan fingerprint density at radius 3 is 3.00 bits per heavy atom. The van der Waals surface area contributed by atoms with Crippen LogP contribution in [0.3, 0.4) is 0 Å². The fourth-order valence-electron chi connectivity index (χ4n) is 0.873. The molecule has 0 atom stereocenters. The average molecular weight is 166 g/mol. The largest absolute Gasteiger partial charge is 0.292 e. The third-order valence-corrected chi connectivity index (χ3v) is 1.71. The molecule has 56 valence electrons. The minimum Gasteiger partial charge on any atom is -0.292 e. The van der Waals surface area contributed by atoms with Crippen LogP contribution in [0.5, 0.6) is 0 Å². The predicted octanol–water partition coefficient (Wildman–Crippen LogP) is 0.884. The Bertz CT molecular complexity index is 337. The van der Waals surface area contributed by atoms with Crippen molar-refractivity contribution < 1.29 is 0 Å². The molecule has 0 saturated carbocycles. The molecule has 0 radical (unpaired) electrons. The smallest absolute Gasteiger partial charge is 0.169 e. The van der Waals surface area contributed by atoms with E-state index in [-0.39, 0.29) is 0 Å². The summed E-state index contributed by atoms with van der Waals surface area (Å²) in [5, 5.41) is 7.18. The molecule has 2 aromatic rings. The Kier molecular flexibility index (Phi) is 1.43. The molecule has 0 saturated heterocycles. The Hall–Kier alpha value is -1.23. The second-order valence-corrected chi connectivity index (χ2v) is 2.45. The first-order valence-corrected chi connectivity index (χ1v) is 3.54.